The van der Waals surface area contributed by atoms with Crippen molar-refractivity contribution < 1.29 is 18.0 Å². The van der Waals surface area contributed by atoms with E-state index in [9.17, 15) is 13.6 Å². The average Bonchev–Trinajstić information content (AvgIpc) is 2.80. The number of rotatable bonds is 3. The van der Waals surface area contributed by atoms with E-state index in [1.165, 1.54) is 12.1 Å². The van der Waals surface area contributed by atoms with Gasteiger partial charge in [-0.15, -0.1) is 0 Å². The van der Waals surface area contributed by atoms with Crippen LogP contribution in [0.25, 0.3) is 22.3 Å². The molecule has 5 rings (SSSR count). The Morgan fingerprint density at radius 3 is 2.41 bits per heavy atom. The van der Waals surface area contributed by atoms with E-state index in [-0.39, 0.29) is 39.5 Å². The van der Waals surface area contributed by atoms with E-state index in [1.54, 1.807) is 18.2 Å². The number of benzene rings is 2. The minimum atomic E-state index is -0.870. The Morgan fingerprint density at radius 1 is 0.912 bits per heavy atom. The zero-order chi connectivity index (χ0) is 24.0. The summed E-state index contributed by atoms with van der Waals surface area (Å²) in [6, 6.07) is 8.62. The van der Waals surface area contributed by atoms with Gasteiger partial charge in [0.2, 0.25) is 5.95 Å². The molecule has 2 aliphatic heterocycles. The first-order valence-electron chi connectivity index (χ1n) is 11.1. The lowest BCUT2D eigenvalue weighted by Crippen LogP contribution is -2.44. The first kappa shape index (κ1) is 22.2. The number of nitrogens with one attached hydrogen (secondary N) is 1. The van der Waals surface area contributed by atoms with Crippen molar-refractivity contribution >= 4 is 17.4 Å². The van der Waals surface area contributed by atoms with E-state index in [0.29, 0.717) is 37.3 Å². The van der Waals surface area contributed by atoms with Crippen molar-refractivity contribution in [1.82, 2.24) is 15.2 Å². The van der Waals surface area contributed by atoms with Crippen LogP contribution in [0.1, 0.15) is 15.9 Å². The number of fused-ring (bicyclic) bond motifs is 1. The number of halogens is 3. The van der Waals surface area contributed by atoms with Gasteiger partial charge in [0.25, 0.3) is 5.91 Å². The fourth-order valence-electron chi connectivity index (χ4n) is 4.55. The Hall–Kier alpha value is -3.59. The molecule has 6 nitrogen and oxygen atoms in total. The van der Waals surface area contributed by atoms with E-state index in [1.807, 2.05) is 11.9 Å². The van der Waals surface area contributed by atoms with E-state index < -0.39 is 17.6 Å². The van der Waals surface area contributed by atoms with Gasteiger partial charge in [0.1, 0.15) is 17.5 Å². The predicted molar refractivity (Wildman–Crippen MR) is 125 cm³/mol. The second kappa shape index (κ2) is 8.64. The average molecular weight is 467 g/mol. The normalized spacial score (nSPS) is 16.4. The van der Waals surface area contributed by atoms with Gasteiger partial charge in [-0.2, -0.15) is 4.39 Å². The Kier molecular flexibility index (Phi) is 5.65. The van der Waals surface area contributed by atoms with Crippen LogP contribution in [0, 0.1) is 17.6 Å². The lowest BCUT2D eigenvalue weighted by molar-refractivity contribution is 0.0945. The van der Waals surface area contributed by atoms with Crippen molar-refractivity contribution in [2.45, 2.75) is 6.42 Å². The predicted octanol–water partition coefficient (Wildman–Crippen LogP) is 3.45. The monoisotopic (exact) mass is 467 g/mol. The molecule has 0 bridgehead atoms. The van der Waals surface area contributed by atoms with Gasteiger partial charge in [-0.05, 0) is 54.9 Å². The first-order valence-corrected chi connectivity index (χ1v) is 11.1. The highest BCUT2D eigenvalue weighted by Crippen LogP contribution is 2.36. The summed E-state index contributed by atoms with van der Waals surface area (Å²) < 4.78 is 44.8. The van der Waals surface area contributed by atoms with E-state index in [4.69, 9.17) is 5.73 Å². The number of carbonyl (C=O) groups is 1. The molecule has 0 saturated carbocycles. The van der Waals surface area contributed by atoms with Crippen LogP contribution in [0.2, 0.25) is 0 Å². The second-order valence-electron chi connectivity index (χ2n) is 8.71. The second-order valence-corrected chi connectivity index (χ2v) is 8.71. The van der Waals surface area contributed by atoms with Crippen molar-refractivity contribution in [1.29, 1.82) is 0 Å². The van der Waals surface area contributed by atoms with Crippen molar-refractivity contribution in [2.24, 2.45) is 0 Å². The van der Waals surface area contributed by atoms with Gasteiger partial charge in [-0.3, -0.25) is 4.79 Å². The summed E-state index contributed by atoms with van der Waals surface area (Å²) in [4.78, 5) is 19.9. The Bertz CT molecular complexity index is 1290. The van der Waals surface area contributed by atoms with Crippen LogP contribution in [0.5, 0.6) is 0 Å². The molecule has 0 atom stereocenters. The lowest BCUT2D eigenvalue weighted by atomic mass is 9.93. The summed E-state index contributed by atoms with van der Waals surface area (Å²) >= 11 is 0. The summed E-state index contributed by atoms with van der Waals surface area (Å²) in [5.41, 5.74) is 7.95. The van der Waals surface area contributed by atoms with Crippen LogP contribution in [0.3, 0.4) is 0 Å². The summed E-state index contributed by atoms with van der Waals surface area (Å²) in [5, 5.41) is 2.68. The van der Waals surface area contributed by atoms with Gasteiger partial charge in [0, 0.05) is 55.0 Å². The van der Waals surface area contributed by atoms with Crippen LogP contribution >= 0.6 is 0 Å². The van der Waals surface area contributed by atoms with Crippen LogP contribution in [-0.4, -0.2) is 55.6 Å². The van der Waals surface area contributed by atoms with Crippen LogP contribution in [0.4, 0.5) is 24.7 Å². The standard InChI is InChI=1S/C25H24F3N5O/c1-32-6-8-33(9-7-32)22-3-2-14(11-21(22)27)16-12-19(24(29)31-23(16)28)18-10-15-4-5-30-25(34)17(15)13-20(18)26/h2-3,10-13H,4-9H2,1H3,(H2,29,31)(H,30,34). The summed E-state index contributed by atoms with van der Waals surface area (Å²) in [6.45, 7) is 3.50. The molecule has 0 aliphatic carbocycles. The number of nitrogens with zero attached hydrogens (tertiary/aromatic N) is 3. The lowest BCUT2D eigenvalue weighted by Gasteiger charge is -2.34. The SMILES string of the molecule is CN1CCN(c2ccc(-c3cc(-c4cc5c(cc4F)C(=O)NCC5)c(N)nc3F)cc2F)CC1. The number of nitrogens with two attached hydrogens (primary N) is 1. The molecule has 3 aromatic rings. The van der Waals surface area contributed by atoms with Gasteiger partial charge in [0.05, 0.1) is 5.69 Å². The molecule has 0 radical (unpaired) electrons. The molecule has 1 amide bonds. The largest absolute Gasteiger partial charge is 0.383 e. The van der Waals surface area contributed by atoms with Gasteiger partial charge in [-0.25, -0.2) is 13.8 Å². The van der Waals surface area contributed by atoms with Crippen LogP contribution in [-0.2, 0) is 6.42 Å². The highest BCUT2D eigenvalue weighted by Gasteiger charge is 2.23. The van der Waals surface area contributed by atoms with Crippen molar-refractivity contribution in [3.63, 3.8) is 0 Å². The maximum absolute atomic E-state index is 15.0. The number of nitrogen functional groups attached to an aromatic ring is 1. The van der Waals surface area contributed by atoms with Crippen molar-refractivity contribution in [3.05, 3.63) is 65.1 Å². The minimum absolute atomic E-state index is 0.0166. The van der Waals surface area contributed by atoms with E-state index in [0.717, 1.165) is 19.2 Å². The molecule has 2 aromatic carbocycles. The quantitative estimate of drug-likeness (QED) is 0.578. The van der Waals surface area contributed by atoms with E-state index >= 15 is 4.39 Å². The molecule has 176 valence electrons. The summed E-state index contributed by atoms with van der Waals surface area (Å²) in [7, 11) is 2.02. The zero-order valence-corrected chi connectivity index (χ0v) is 18.7. The summed E-state index contributed by atoms with van der Waals surface area (Å²) in [5.74, 6) is -2.53. The number of hydrogen-bond donors (Lipinski definition) is 2. The smallest absolute Gasteiger partial charge is 0.251 e. The number of likely N-dealkylation sites (N-methyl/N-ethyl adjacent to an activating group) is 1. The third kappa shape index (κ3) is 3.96. The molecule has 2 aliphatic rings. The highest BCUT2D eigenvalue weighted by atomic mass is 19.1. The Balaban J connectivity index is 1.54. The molecule has 9 heteroatoms. The maximum Gasteiger partial charge on any atom is 0.251 e. The minimum Gasteiger partial charge on any atom is -0.383 e. The topological polar surface area (TPSA) is 74.5 Å². The fraction of sp³-hybridized carbons (Fsp3) is 0.280. The molecule has 1 aromatic heterocycles. The number of anilines is 2. The number of hydrogen-bond acceptors (Lipinski definition) is 5. The molecule has 0 unspecified atom stereocenters. The Labute approximate surface area is 195 Å². The fourth-order valence-corrected chi connectivity index (χ4v) is 4.55. The van der Waals surface area contributed by atoms with Gasteiger partial charge < -0.3 is 20.9 Å². The molecular formula is C25H24F3N5O. The van der Waals surface area contributed by atoms with E-state index in [2.05, 4.69) is 15.2 Å². The first-order chi connectivity index (χ1) is 16.3. The van der Waals surface area contributed by atoms with Crippen molar-refractivity contribution in [3.8, 4) is 22.3 Å². The third-order valence-corrected chi connectivity index (χ3v) is 6.52. The molecule has 3 N–H and O–H groups in total. The number of pyridine rings is 1. The van der Waals surface area contributed by atoms with Gasteiger partial charge >= 0.3 is 0 Å². The summed E-state index contributed by atoms with van der Waals surface area (Å²) in [6.07, 6.45) is 0.536. The molecule has 1 fully saturated rings. The maximum atomic E-state index is 15.0. The number of aromatic nitrogens is 1. The Morgan fingerprint density at radius 2 is 1.68 bits per heavy atom. The number of carbonyl (C=O) groups excluding carboxylic acids is 1. The molecular weight excluding hydrogens is 443 g/mol. The molecule has 1 saturated heterocycles. The van der Waals surface area contributed by atoms with Crippen molar-refractivity contribution in [2.75, 3.05) is 50.4 Å². The van der Waals surface area contributed by atoms with Gasteiger partial charge in [-0.1, -0.05) is 6.07 Å². The van der Waals surface area contributed by atoms with Crippen LogP contribution in [0.15, 0.2) is 36.4 Å². The molecule has 34 heavy (non-hydrogen) atoms. The molecule has 3 heterocycles. The van der Waals surface area contributed by atoms with Crippen LogP contribution < -0.4 is 16.0 Å². The van der Waals surface area contributed by atoms with Gasteiger partial charge in [0.15, 0.2) is 0 Å². The zero-order valence-electron chi connectivity index (χ0n) is 18.7. The highest BCUT2D eigenvalue weighted by molar-refractivity contribution is 5.97. The number of amides is 1. The number of piperazine rings is 1. The molecule has 0 spiro atoms. The third-order valence-electron chi connectivity index (χ3n) is 6.52.